The Labute approximate surface area is 203 Å². The highest BCUT2D eigenvalue weighted by Crippen LogP contribution is 2.42. The van der Waals surface area contributed by atoms with Crippen LogP contribution in [0.2, 0.25) is 0 Å². The SMILES string of the molecule is C=Cc1ccccc1C(=C(c1ccccc1C=C)c1ccccc1C=C)c1ccccc1C=C. The summed E-state index contributed by atoms with van der Waals surface area (Å²) in [4.78, 5) is 0. The van der Waals surface area contributed by atoms with E-state index in [1.807, 2.05) is 48.6 Å². The fourth-order valence-electron chi connectivity index (χ4n) is 4.44. The van der Waals surface area contributed by atoms with Gasteiger partial charge < -0.3 is 0 Å². The van der Waals surface area contributed by atoms with Gasteiger partial charge >= 0.3 is 0 Å². The van der Waals surface area contributed by atoms with Gasteiger partial charge in [0.15, 0.2) is 0 Å². The molecule has 0 nitrogen and oxygen atoms in total. The third-order valence-corrected chi connectivity index (χ3v) is 6.05. The van der Waals surface area contributed by atoms with Gasteiger partial charge in [0, 0.05) is 0 Å². The predicted octanol–water partition coefficient (Wildman–Crippen LogP) is 9.27. The number of hydrogen-bond donors (Lipinski definition) is 0. The first kappa shape index (κ1) is 22.8. The first-order valence-electron chi connectivity index (χ1n) is 11.3. The minimum Gasteiger partial charge on any atom is -0.0984 e. The molecule has 0 aliphatic carbocycles. The fraction of sp³-hybridized carbons (Fsp3) is 0. The van der Waals surface area contributed by atoms with Gasteiger partial charge in [-0.15, -0.1) is 0 Å². The van der Waals surface area contributed by atoms with Gasteiger partial charge in [0.25, 0.3) is 0 Å². The molecule has 0 radical (unpaired) electrons. The zero-order valence-electron chi connectivity index (χ0n) is 19.4. The molecule has 0 atom stereocenters. The van der Waals surface area contributed by atoms with E-state index in [1.165, 1.54) is 0 Å². The van der Waals surface area contributed by atoms with E-state index >= 15 is 0 Å². The zero-order valence-corrected chi connectivity index (χ0v) is 19.4. The summed E-state index contributed by atoms with van der Waals surface area (Å²) in [6, 6.07) is 33.6. The lowest BCUT2D eigenvalue weighted by Gasteiger charge is -2.23. The Morgan fingerprint density at radius 2 is 0.559 bits per heavy atom. The average Bonchev–Trinajstić information content (AvgIpc) is 2.91. The molecule has 0 fully saturated rings. The predicted molar refractivity (Wildman–Crippen MR) is 151 cm³/mol. The first-order valence-corrected chi connectivity index (χ1v) is 11.3. The van der Waals surface area contributed by atoms with Crippen molar-refractivity contribution in [1.82, 2.24) is 0 Å². The summed E-state index contributed by atoms with van der Waals surface area (Å²) < 4.78 is 0. The molecule has 0 saturated heterocycles. The molecule has 0 heteroatoms. The summed E-state index contributed by atoms with van der Waals surface area (Å²) in [6.45, 7) is 16.4. The van der Waals surface area contributed by atoms with E-state index in [-0.39, 0.29) is 0 Å². The third kappa shape index (κ3) is 4.27. The van der Waals surface area contributed by atoms with Crippen LogP contribution in [0.5, 0.6) is 0 Å². The first-order chi connectivity index (χ1) is 16.7. The van der Waals surface area contributed by atoms with Gasteiger partial charge in [-0.3, -0.25) is 0 Å². The zero-order chi connectivity index (χ0) is 23.9. The van der Waals surface area contributed by atoms with Crippen LogP contribution in [0.15, 0.2) is 123 Å². The van der Waals surface area contributed by atoms with Gasteiger partial charge in [0.05, 0.1) is 0 Å². The Bertz CT molecular complexity index is 1200. The van der Waals surface area contributed by atoms with Crippen molar-refractivity contribution < 1.29 is 0 Å². The van der Waals surface area contributed by atoms with Gasteiger partial charge in [-0.1, -0.05) is 148 Å². The van der Waals surface area contributed by atoms with Gasteiger partial charge in [-0.2, -0.15) is 0 Å². The molecule has 0 amide bonds. The molecule has 0 aliphatic heterocycles. The molecule has 0 aliphatic rings. The fourth-order valence-corrected chi connectivity index (χ4v) is 4.44. The monoisotopic (exact) mass is 436 g/mol. The normalized spacial score (nSPS) is 10.2. The van der Waals surface area contributed by atoms with Crippen LogP contribution >= 0.6 is 0 Å². The maximum atomic E-state index is 4.11. The molecular formula is C34H28. The summed E-state index contributed by atoms with van der Waals surface area (Å²) >= 11 is 0. The second kappa shape index (κ2) is 10.5. The molecule has 0 bridgehead atoms. The second-order valence-corrected chi connectivity index (χ2v) is 7.92. The smallest absolute Gasteiger partial charge is 0.00143 e. The van der Waals surface area contributed by atoms with E-state index in [0.717, 1.165) is 55.7 Å². The molecule has 0 unspecified atom stereocenters. The Balaban J connectivity index is 2.31. The highest BCUT2D eigenvalue weighted by molar-refractivity contribution is 6.09. The van der Waals surface area contributed by atoms with Crippen LogP contribution in [0, 0.1) is 0 Å². The van der Waals surface area contributed by atoms with Gasteiger partial charge in [-0.25, -0.2) is 0 Å². The summed E-state index contributed by atoms with van der Waals surface area (Å²) in [5.74, 6) is 0. The minimum absolute atomic E-state index is 1.07. The van der Waals surface area contributed by atoms with E-state index < -0.39 is 0 Å². The molecule has 0 spiro atoms. The van der Waals surface area contributed by atoms with Crippen LogP contribution in [0.3, 0.4) is 0 Å². The van der Waals surface area contributed by atoms with E-state index in [9.17, 15) is 0 Å². The van der Waals surface area contributed by atoms with E-state index in [2.05, 4.69) is 99.1 Å². The third-order valence-electron chi connectivity index (χ3n) is 6.05. The quantitative estimate of drug-likeness (QED) is 0.241. The molecular weight excluding hydrogens is 408 g/mol. The van der Waals surface area contributed by atoms with Crippen LogP contribution in [0.25, 0.3) is 35.5 Å². The van der Waals surface area contributed by atoms with Crippen molar-refractivity contribution in [3.8, 4) is 0 Å². The van der Waals surface area contributed by atoms with Crippen molar-refractivity contribution in [2.75, 3.05) is 0 Å². The summed E-state index contributed by atoms with van der Waals surface area (Å²) in [6.07, 6.45) is 7.68. The summed E-state index contributed by atoms with van der Waals surface area (Å²) in [5.41, 5.74) is 11.0. The lowest BCUT2D eigenvalue weighted by atomic mass is 9.80. The number of benzene rings is 4. The molecule has 0 N–H and O–H groups in total. The second-order valence-electron chi connectivity index (χ2n) is 7.92. The minimum atomic E-state index is 1.07. The van der Waals surface area contributed by atoms with E-state index in [1.54, 1.807) is 0 Å². The van der Waals surface area contributed by atoms with Crippen LogP contribution in [0.4, 0.5) is 0 Å². The van der Waals surface area contributed by atoms with Crippen molar-refractivity contribution in [3.05, 3.63) is 168 Å². The lowest BCUT2D eigenvalue weighted by molar-refractivity contribution is 1.46. The molecule has 164 valence electrons. The van der Waals surface area contributed by atoms with Crippen molar-refractivity contribution >= 4 is 35.5 Å². The van der Waals surface area contributed by atoms with Crippen molar-refractivity contribution in [3.63, 3.8) is 0 Å². The Kier molecular flexibility index (Phi) is 7.01. The number of rotatable bonds is 8. The topological polar surface area (TPSA) is 0 Å². The Hall–Kier alpha value is -4.42. The highest BCUT2D eigenvalue weighted by Gasteiger charge is 2.21. The molecule has 34 heavy (non-hydrogen) atoms. The van der Waals surface area contributed by atoms with E-state index in [0.29, 0.717) is 0 Å². The van der Waals surface area contributed by atoms with Gasteiger partial charge in [-0.05, 0) is 55.7 Å². The van der Waals surface area contributed by atoms with E-state index in [4.69, 9.17) is 0 Å². The molecule has 4 aromatic rings. The average molecular weight is 437 g/mol. The van der Waals surface area contributed by atoms with Gasteiger partial charge in [0.2, 0.25) is 0 Å². The molecule has 4 rings (SSSR count). The maximum absolute atomic E-state index is 4.11. The van der Waals surface area contributed by atoms with Crippen molar-refractivity contribution in [2.45, 2.75) is 0 Å². The van der Waals surface area contributed by atoms with Crippen molar-refractivity contribution in [1.29, 1.82) is 0 Å². The molecule has 0 heterocycles. The standard InChI is InChI=1S/C34H28/c1-5-25-17-9-13-21-29(25)33(30-22-14-10-18-26(30)6-2)34(31-23-15-11-19-27(31)7-3)32-24-16-12-20-28(32)8-4/h5-24H,1-4H2. The van der Waals surface area contributed by atoms with Crippen LogP contribution in [-0.4, -0.2) is 0 Å². The van der Waals surface area contributed by atoms with Gasteiger partial charge in [0.1, 0.15) is 0 Å². The molecule has 0 aromatic heterocycles. The van der Waals surface area contributed by atoms with Crippen LogP contribution < -0.4 is 0 Å². The molecule has 0 saturated carbocycles. The van der Waals surface area contributed by atoms with Crippen LogP contribution in [-0.2, 0) is 0 Å². The summed E-state index contributed by atoms with van der Waals surface area (Å²) in [5, 5.41) is 0. The summed E-state index contributed by atoms with van der Waals surface area (Å²) in [7, 11) is 0. The lowest BCUT2D eigenvalue weighted by Crippen LogP contribution is -2.03. The van der Waals surface area contributed by atoms with Crippen LogP contribution in [0.1, 0.15) is 44.5 Å². The number of hydrogen-bond acceptors (Lipinski definition) is 0. The Morgan fingerprint density at radius 1 is 0.353 bits per heavy atom. The molecule has 4 aromatic carbocycles. The maximum Gasteiger partial charge on any atom is -0.00143 e. The Morgan fingerprint density at radius 3 is 0.765 bits per heavy atom. The van der Waals surface area contributed by atoms with Crippen molar-refractivity contribution in [2.24, 2.45) is 0 Å². The highest BCUT2D eigenvalue weighted by atomic mass is 14.2. The largest absolute Gasteiger partial charge is 0.0984 e.